The highest BCUT2D eigenvalue weighted by molar-refractivity contribution is 6.32. The van der Waals surface area contributed by atoms with E-state index in [9.17, 15) is 4.79 Å². The first kappa shape index (κ1) is 21.0. The Morgan fingerprint density at radius 3 is 2.65 bits per heavy atom. The molecule has 0 spiro atoms. The van der Waals surface area contributed by atoms with Crippen LogP contribution in [0.4, 0.5) is 5.69 Å². The van der Waals surface area contributed by atoms with Crippen LogP contribution in [0.2, 0.25) is 5.02 Å². The summed E-state index contributed by atoms with van der Waals surface area (Å²) in [6.07, 6.45) is 5.51. The summed E-state index contributed by atoms with van der Waals surface area (Å²) < 4.78 is 16.8. The molecule has 26 heavy (non-hydrogen) atoms. The highest BCUT2D eigenvalue weighted by atomic mass is 35.5. The molecule has 1 unspecified atom stereocenters. The molecule has 1 amide bonds. The molecule has 6 heteroatoms. The van der Waals surface area contributed by atoms with Crippen molar-refractivity contribution in [1.82, 2.24) is 0 Å². The molecule has 0 radical (unpaired) electrons. The molecule has 2 rings (SSSR count). The number of carbonyl (C=O) groups excluding carboxylic acids is 1. The predicted molar refractivity (Wildman–Crippen MR) is 104 cm³/mol. The lowest BCUT2D eigenvalue weighted by Crippen LogP contribution is -2.47. The summed E-state index contributed by atoms with van der Waals surface area (Å²) in [5.74, 6) is 0.493. The van der Waals surface area contributed by atoms with Crippen LogP contribution in [0.3, 0.4) is 0 Å². The third-order valence-corrected chi connectivity index (χ3v) is 4.87. The van der Waals surface area contributed by atoms with Crippen LogP contribution in [0.5, 0.6) is 5.75 Å². The van der Waals surface area contributed by atoms with E-state index in [0.717, 1.165) is 38.5 Å². The quantitative estimate of drug-likeness (QED) is 0.664. The van der Waals surface area contributed by atoms with Crippen molar-refractivity contribution in [2.24, 2.45) is 0 Å². The molecule has 0 aromatic heterocycles. The van der Waals surface area contributed by atoms with Gasteiger partial charge in [-0.05, 0) is 44.4 Å². The molecule has 1 aromatic rings. The smallest absolute Gasteiger partial charge is 0.256 e. The number of methoxy groups -OCH3 is 1. The van der Waals surface area contributed by atoms with Crippen molar-refractivity contribution in [3.8, 4) is 5.75 Å². The van der Waals surface area contributed by atoms with Gasteiger partial charge in [-0.1, -0.05) is 37.8 Å². The van der Waals surface area contributed by atoms with Gasteiger partial charge in [0.05, 0.1) is 11.6 Å². The van der Waals surface area contributed by atoms with E-state index in [0.29, 0.717) is 29.7 Å². The number of nitrogens with one attached hydrogen (secondary N) is 1. The van der Waals surface area contributed by atoms with E-state index in [1.165, 1.54) is 0 Å². The van der Waals surface area contributed by atoms with Crippen LogP contribution in [0, 0.1) is 0 Å². The summed E-state index contributed by atoms with van der Waals surface area (Å²) in [5.41, 5.74) is -0.0696. The molecule has 1 N–H and O–H groups in total. The van der Waals surface area contributed by atoms with Gasteiger partial charge >= 0.3 is 0 Å². The molecule has 0 saturated heterocycles. The number of rotatable bonds is 9. The van der Waals surface area contributed by atoms with Gasteiger partial charge in [-0.3, -0.25) is 4.79 Å². The number of halogens is 1. The molecule has 1 aliphatic rings. The van der Waals surface area contributed by atoms with Gasteiger partial charge in [0.1, 0.15) is 17.5 Å². The Morgan fingerprint density at radius 2 is 2.04 bits per heavy atom. The number of benzene rings is 1. The molecular formula is C20H30ClNO4. The van der Waals surface area contributed by atoms with E-state index in [-0.39, 0.29) is 12.0 Å². The number of ether oxygens (including phenoxy) is 3. The maximum absolute atomic E-state index is 12.9. The van der Waals surface area contributed by atoms with Crippen molar-refractivity contribution in [3.63, 3.8) is 0 Å². The number of hydrogen-bond donors (Lipinski definition) is 1. The monoisotopic (exact) mass is 383 g/mol. The van der Waals surface area contributed by atoms with Crippen LogP contribution >= 0.6 is 11.6 Å². The van der Waals surface area contributed by atoms with Gasteiger partial charge in [0.25, 0.3) is 5.91 Å². The average Bonchev–Trinajstić information content (AvgIpc) is 2.63. The summed E-state index contributed by atoms with van der Waals surface area (Å²) in [6, 6.07) is 5.28. The third kappa shape index (κ3) is 5.60. The maximum Gasteiger partial charge on any atom is 0.256 e. The first-order valence-corrected chi connectivity index (χ1v) is 9.79. The fraction of sp³-hybridized carbons (Fsp3) is 0.650. The van der Waals surface area contributed by atoms with Gasteiger partial charge in [-0.15, -0.1) is 0 Å². The molecule has 0 heterocycles. The number of anilines is 1. The van der Waals surface area contributed by atoms with Crippen molar-refractivity contribution in [2.45, 2.75) is 64.1 Å². The summed E-state index contributed by atoms with van der Waals surface area (Å²) in [4.78, 5) is 12.9. The average molecular weight is 384 g/mol. The van der Waals surface area contributed by atoms with E-state index in [4.69, 9.17) is 25.8 Å². The predicted octanol–water partition coefficient (Wildman–Crippen LogP) is 4.82. The first-order valence-electron chi connectivity index (χ1n) is 9.41. The van der Waals surface area contributed by atoms with Crippen molar-refractivity contribution in [1.29, 1.82) is 0 Å². The highest BCUT2D eigenvalue weighted by Gasteiger charge is 2.40. The van der Waals surface area contributed by atoms with Crippen LogP contribution in [-0.4, -0.2) is 37.9 Å². The molecule has 146 valence electrons. The topological polar surface area (TPSA) is 56.8 Å². The molecule has 0 bridgehead atoms. The normalized spacial score (nSPS) is 17.5. The Bertz CT molecular complexity index is 587. The summed E-state index contributed by atoms with van der Waals surface area (Å²) in [6.45, 7) is 5.04. The second-order valence-electron chi connectivity index (χ2n) is 6.89. The van der Waals surface area contributed by atoms with E-state index >= 15 is 0 Å². The van der Waals surface area contributed by atoms with Gasteiger partial charge < -0.3 is 19.5 Å². The summed E-state index contributed by atoms with van der Waals surface area (Å²) in [5, 5.41) is 3.44. The van der Waals surface area contributed by atoms with Gasteiger partial charge in [0.15, 0.2) is 0 Å². The van der Waals surface area contributed by atoms with Gasteiger partial charge in [-0.2, -0.15) is 0 Å². The Morgan fingerprint density at radius 1 is 1.31 bits per heavy atom. The zero-order valence-electron chi connectivity index (χ0n) is 16.0. The van der Waals surface area contributed by atoms with Crippen molar-refractivity contribution in [3.05, 3.63) is 23.2 Å². The van der Waals surface area contributed by atoms with E-state index in [1.807, 2.05) is 6.92 Å². The maximum atomic E-state index is 12.9. The van der Waals surface area contributed by atoms with Crippen LogP contribution < -0.4 is 10.1 Å². The second kappa shape index (κ2) is 10.1. The lowest BCUT2D eigenvalue weighted by atomic mass is 9.83. The summed E-state index contributed by atoms with van der Waals surface area (Å²) >= 11 is 6.31. The zero-order chi connectivity index (χ0) is 19.0. The Kier molecular flexibility index (Phi) is 8.19. The lowest BCUT2D eigenvalue weighted by Gasteiger charge is -2.35. The third-order valence-electron chi connectivity index (χ3n) is 4.58. The molecule has 1 aromatic carbocycles. The van der Waals surface area contributed by atoms with E-state index in [2.05, 4.69) is 12.2 Å². The summed E-state index contributed by atoms with van der Waals surface area (Å²) in [7, 11) is 1.63. The molecule has 5 nitrogen and oxygen atoms in total. The van der Waals surface area contributed by atoms with Crippen LogP contribution in [-0.2, 0) is 14.3 Å². The molecule has 0 aliphatic heterocycles. The van der Waals surface area contributed by atoms with Crippen LogP contribution in [0.1, 0.15) is 52.4 Å². The lowest BCUT2D eigenvalue weighted by molar-refractivity contribution is -0.146. The Balaban J connectivity index is 2.06. The van der Waals surface area contributed by atoms with Crippen molar-refractivity contribution < 1.29 is 19.0 Å². The highest BCUT2D eigenvalue weighted by Crippen LogP contribution is 2.34. The number of carbonyl (C=O) groups is 1. The minimum atomic E-state index is -0.719. The molecule has 1 aliphatic carbocycles. The molecular weight excluding hydrogens is 354 g/mol. The second-order valence-corrected chi connectivity index (χ2v) is 7.29. The number of hydrogen-bond acceptors (Lipinski definition) is 4. The molecule has 1 atom stereocenters. The van der Waals surface area contributed by atoms with Crippen molar-refractivity contribution >= 4 is 23.2 Å². The fourth-order valence-corrected chi connectivity index (χ4v) is 3.49. The van der Waals surface area contributed by atoms with Gasteiger partial charge in [0.2, 0.25) is 0 Å². The van der Waals surface area contributed by atoms with E-state index < -0.39 is 5.60 Å². The van der Waals surface area contributed by atoms with Crippen molar-refractivity contribution in [2.75, 3.05) is 25.6 Å². The van der Waals surface area contributed by atoms with Gasteiger partial charge in [-0.25, -0.2) is 0 Å². The molecule has 1 saturated carbocycles. The Hall–Kier alpha value is -1.30. The standard InChI is InChI=1S/C20H30ClNO4/c1-4-12-25-20(10-6-5-7-11-20)19(23)22-16-8-9-18(17(21)13-16)26-15(2)14-24-3/h8-9,13,15H,4-7,10-12,14H2,1-3H3,(H,22,23). The minimum absolute atomic E-state index is 0.0804. The fourth-order valence-electron chi connectivity index (χ4n) is 3.26. The Labute approximate surface area is 161 Å². The number of amides is 1. The first-order chi connectivity index (χ1) is 12.5. The molecule has 1 fully saturated rings. The largest absolute Gasteiger partial charge is 0.487 e. The van der Waals surface area contributed by atoms with Gasteiger partial charge in [0, 0.05) is 19.4 Å². The zero-order valence-corrected chi connectivity index (χ0v) is 16.7. The minimum Gasteiger partial charge on any atom is -0.487 e. The van der Waals surface area contributed by atoms with E-state index in [1.54, 1.807) is 25.3 Å². The SMILES string of the molecule is CCCOC1(C(=O)Nc2ccc(OC(C)COC)c(Cl)c2)CCCCC1. The van der Waals surface area contributed by atoms with Crippen LogP contribution in [0.25, 0.3) is 0 Å². The van der Waals surface area contributed by atoms with Crippen LogP contribution in [0.15, 0.2) is 18.2 Å².